The first-order valence-electron chi connectivity index (χ1n) is 9.91. The summed E-state index contributed by atoms with van der Waals surface area (Å²) < 4.78 is 4.84. The maximum atomic E-state index is 11.2. The smallest absolute Gasteiger partial charge is 0.293 e. The van der Waals surface area contributed by atoms with E-state index < -0.39 is 5.60 Å². The van der Waals surface area contributed by atoms with Gasteiger partial charge in [-0.2, -0.15) is 0 Å². The second-order valence-corrected chi connectivity index (χ2v) is 9.79. The summed E-state index contributed by atoms with van der Waals surface area (Å²) in [6.07, 6.45) is 9.06. The predicted molar refractivity (Wildman–Crippen MR) is 97.6 cm³/mol. The molecule has 0 saturated heterocycles. The van der Waals surface area contributed by atoms with E-state index in [0.29, 0.717) is 30.3 Å². The summed E-state index contributed by atoms with van der Waals surface area (Å²) in [5.74, 6) is 1.62. The van der Waals surface area contributed by atoms with Crippen molar-refractivity contribution < 1.29 is 14.6 Å². The third kappa shape index (κ3) is 3.98. The molecule has 1 unspecified atom stereocenters. The molecule has 0 bridgehead atoms. The van der Waals surface area contributed by atoms with E-state index in [1.54, 1.807) is 0 Å². The molecular weight excluding hydrogens is 300 g/mol. The number of fused-ring (bicyclic) bond motifs is 1. The molecule has 0 amide bonds. The Balaban J connectivity index is 2.08. The van der Waals surface area contributed by atoms with Crippen molar-refractivity contribution in [2.24, 2.45) is 28.6 Å². The molecule has 0 radical (unpaired) electrons. The molecule has 2 rings (SSSR count). The van der Waals surface area contributed by atoms with Gasteiger partial charge in [-0.1, -0.05) is 40.5 Å². The molecular formula is C21H38O3. The fourth-order valence-electron chi connectivity index (χ4n) is 6.18. The van der Waals surface area contributed by atoms with Crippen LogP contribution >= 0.6 is 0 Å². The van der Waals surface area contributed by atoms with Crippen molar-refractivity contribution in [1.82, 2.24) is 0 Å². The molecule has 3 nitrogen and oxygen atoms in total. The molecule has 2 aliphatic rings. The lowest BCUT2D eigenvalue weighted by Crippen LogP contribution is -2.57. The summed E-state index contributed by atoms with van der Waals surface area (Å²) in [6.45, 7) is 12.7. The normalized spacial score (nSPS) is 39.8. The second-order valence-electron chi connectivity index (χ2n) is 9.79. The zero-order valence-corrected chi connectivity index (χ0v) is 16.4. The number of carbonyl (C=O) groups is 1. The van der Waals surface area contributed by atoms with Crippen LogP contribution in [0, 0.1) is 28.6 Å². The Morgan fingerprint density at radius 3 is 2.54 bits per heavy atom. The van der Waals surface area contributed by atoms with Crippen LogP contribution in [-0.4, -0.2) is 23.8 Å². The van der Waals surface area contributed by atoms with Crippen LogP contribution in [0.2, 0.25) is 0 Å². The number of ether oxygens (including phenoxy) is 1. The molecule has 24 heavy (non-hydrogen) atoms. The van der Waals surface area contributed by atoms with E-state index in [4.69, 9.17) is 4.74 Å². The zero-order chi connectivity index (χ0) is 18.0. The summed E-state index contributed by atoms with van der Waals surface area (Å²) in [6, 6.07) is 0. The van der Waals surface area contributed by atoms with E-state index in [9.17, 15) is 9.90 Å². The standard InChI is InChI=1S/C21H38O3/c1-16(10-14-24-15-22)7-8-18-20(4)12-6-11-19(2,3)17(20)9-13-21(18,5)23/h15-18,23H,6-14H2,1-5H3/t16?,17-,18+,20-,21+/m0/s1. The summed E-state index contributed by atoms with van der Waals surface area (Å²) in [5.41, 5.74) is 0.103. The van der Waals surface area contributed by atoms with Crippen molar-refractivity contribution in [2.75, 3.05) is 6.61 Å². The third-order valence-corrected chi connectivity index (χ3v) is 7.51. The van der Waals surface area contributed by atoms with Crippen molar-refractivity contribution in [3.8, 4) is 0 Å². The van der Waals surface area contributed by atoms with Gasteiger partial charge < -0.3 is 9.84 Å². The first kappa shape index (κ1) is 19.8. The molecule has 1 N–H and O–H groups in total. The summed E-state index contributed by atoms with van der Waals surface area (Å²) >= 11 is 0. The van der Waals surface area contributed by atoms with E-state index in [1.807, 2.05) is 0 Å². The molecule has 0 heterocycles. The number of rotatable bonds is 7. The maximum Gasteiger partial charge on any atom is 0.293 e. The summed E-state index contributed by atoms with van der Waals surface area (Å²) in [7, 11) is 0. The molecule has 2 saturated carbocycles. The van der Waals surface area contributed by atoms with Gasteiger partial charge >= 0.3 is 0 Å². The summed E-state index contributed by atoms with van der Waals surface area (Å²) in [4.78, 5) is 10.3. The molecule has 0 aromatic carbocycles. The molecule has 0 aliphatic heterocycles. The van der Waals surface area contributed by atoms with Crippen molar-refractivity contribution >= 4 is 6.47 Å². The summed E-state index contributed by atoms with van der Waals surface area (Å²) in [5, 5.41) is 11.2. The predicted octanol–water partition coefficient (Wildman–Crippen LogP) is 4.96. The van der Waals surface area contributed by atoms with Crippen LogP contribution in [0.4, 0.5) is 0 Å². The Kier molecular flexibility index (Phi) is 6.05. The van der Waals surface area contributed by atoms with Gasteiger partial charge in [0, 0.05) is 0 Å². The van der Waals surface area contributed by atoms with Gasteiger partial charge in [-0.3, -0.25) is 4.79 Å². The highest BCUT2D eigenvalue weighted by molar-refractivity contribution is 5.36. The molecule has 140 valence electrons. The Bertz CT molecular complexity index is 429. The van der Waals surface area contributed by atoms with Crippen LogP contribution in [0.15, 0.2) is 0 Å². The number of hydrogen-bond acceptors (Lipinski definition) is 3. The van der Waals surface area contributed by atoms with E-state index in [-0.39, 0.29) is 5.41 Å². The number of aliphatic hydroxyl groups is 1. The van der Waals surface area contributed by atoms with Gasteiger partial charge in [-0.05, 0) is 74.0 Å². The highest BCUT2D eigenvalue weighted by atomic mass is 16.5. The van der Waals surface area contributed by atoms with Crippen molar-refractivity contribution in [2.45, 2.75) is 91.6 Å². The van der Waals surface area contributed by atoms with Gasteiger partial charge in [0.2, 0.25) is 0 Å². The SMILES string of the molecule is CC(CCOC=O)CC[C@@H]1[C@@]2(C)CCCC(C)(C)[C@@H]2CC[C@@]1(C)O. The average molecular weight is 339 g/mol. The quantitative estimate of drug-likeness (QED) is 0.527. The average Bonchev–Trinajstić information content (AvgIpc) is 2.45. The monoisotopic (exact) mass is 338 g/mol. The van der Waals surface area contributed by atoms with Gasteiger partial charge in [0.15, 0.2) is 0 Å². The molecule has 0 spiro atoms. The van der Waals surface area contributed by atoms with E-state index in [0.717, 1.165) is 38.0 Å². The minimum absolute atomic E-state index is 0.252. The molecule has 0 aromatic rings. The van der Waals surface area contributed by atoms with Crippen LogP contribution in [0.1, 0.15) is 86.0 Å². The Labute approximate surface area is 148 Å². The van der Waals surface area contributed by atoms with Crippen LogP contribution < -0.4 is 0 Å². The van der Waals surface area contributed by atoms with Gasteiger partial charge in [0.25, 0.3) is 6.47 Å². The van der Waals surface area contributed by atoms with Crippen LogP contribution in [-0.2, 0) is 9.53 Å². The van der Waals surface area contributed by atoms with Gasteiger partial charge in [0.1, 0.15) is 0 Å². The van der Waals surface area contributed by atoms with E-state index >= 15 is 0 Å². The Morgan fingerprint density at radius 2 is 1.88 bits per heavy atom. The van der Waals surface area contributed by atoms with Crippen LogP contribution in [0.25, 0.3) is 0 Å². The minimum atomic E-state index is -0.544. The first-order valence-corrected chi connectivity index (χ1v) is 9.91. The fraction of sp³-hybridized carbons (Fsp3) is 0.952. The molecule has 0 aromatic heterocycles. The topological polar surface area (TPSA) is 46.5 Å². The molecule has 2 fully saturated rings. The molecule has 2 aliphatic carbocycles. The lowest BCUT2D eigenvalue weighted by Gasteiger charge is -2.61. The van der Waals surface area contributed by atoms with Crippen molar-refractivity contribution in [1.29, 1.82) is 0 Å². The van der Waals surface area contributed by atoms with Crippen LogP contribution in [0.3, 0.4) is 0 Å². The Morgan fingerprint density at radius 1 is 1.17 bits per heavy atom. The zero-order valence-electron chi connectivity index (χ0n) is 16.4. The van der Waals surface area contributed by atoms with Gasteiger partial charge in [0.05, 0.1) is 12.2 Å². The largest absolute Gasteiger partial charge is 0.468 e. The minimum Gasteiger partial charge on any atom is -0.468 e. The molecule has 3 heteroatoms. The first-order chi connectivity index (χ1) is 11.1. The number of carbonyl (C=O) groups excluding carboxylic acids is 1. The van der Waals surface area contributed by atoms with Gasteiger partial charge in [-0.25, -0.2) is 0 Å². The number of hydrogen-bond donors (Lipinski definition) is 1. The second kappa shape index (κ2) is 7.35. The van der Waals surface area contributed by atoms with Crippen molar-refractivity contribution in [3.05, 3.63) is 0 Å². The van der Waals surface area contributed by atoms with E-state index in [1.165, 1.54) is 19.3 Å². The third-order valence-electron chi connectivity index (χ3n) is 7.51. The lowest BCUT2D eigenvalue weighted by molar-refractivity contribution is -0.170. The van der Waals surface area contributed by atoms with Gasteiger partial charge in [-0.15, -0.1) is 0 Å². The fourth-order valence-corrected chi connectivity index (χ4v) is 6.18. The van der Waals surface area contributed by atoms with Crippen LogP contribution in [0.5, 0.6) is 0 Å². The lowest BCUT2D eigenvalue weighted by atomic mass is 9.45. The molecule has 5 atom stereocenters. The Hall–Kier alpha value is -0.570. The highest BCUT2D eigenvalue weighted by Crippen LogP contribution is 2.63. The van der Waals surface area contributed by atoms with E-state index in [2.05, 4.69) is 34.6 Å². The maximum absolute atomic E-state index is 11.2. The van der Waals surface area contributed by atoms with Crippen molar-refractivity contribution in [3.63, 3.8) is 0 Å². The highest BCUT2D eigenvalue weighted by Gasteiger charge is 2.57.